The fraction of sp³-hybridized carbons (Fsp3) is 0.769. The summed E-state index contributed by atoms with van der Waals surface area (Å²) in [6.45, 7) is 5.22. The van der Waals surface area contributed by atoms with Crippen molar-refractivity contribution in [1.82, 2.24) is 20.0 Å². The molecule has 0 radical (unpaired) electrons. The molecule has 1 aliphatic heterocycles. The van der Waals surface area contributed by atoms with Crippen LogP contribution in [0.1, 0.15) is 31.4 Å². The zero-order valence-electron chi connectivity index (χ0n) is 11.3. The fourth-order valence-corrected chi connectivity index (χ4v) is 2.63. The van der Waals surface area contributed by atoms with Gasteiger partial charge in [0.2, 0.25) is 0 Å². The Morgan fingerprint density at radius 3 is 3.06 bits per heavy atom. The van der Waals surface area contributed by atoms with E-state index in [9.17, 15) is 5.11 Å². The van der Waals surface area contributed by atoms with E-state index in [-0.39, 0.29) is 6.61 Å². The van der Waals surface area contributed by atoms with Crippen LogP contribution in [0.3, 0.4) is 0 Å². The first-order valence-corrected chi connectivity index (χ1v) is 6.77. The molecule has 2 heterocycles. The van der Waals surface area contributed by atoms with E-state index >= 15 is 0 Å². The van der Waals surface area contributed by atoms with Gasteiger partial charge in [-0.25, -0.2) is 0 Å². The lowest BCUT2D eigenvalue weighted by Crippen LogP contribution is -2.40. The summed E-state index contributed by atoms with van der Waals surface area (Å²) in [4.78, 5) is 2.33. The molecule has 2 rings (SSSR count). The van der Waals surface area contributed by atoms with E-state index in [1.807, 2.05) is 17.9 Å². The van der Waals surface area contributed by atoms with E-state index < -0.39 is 0 Å². The predicted octanol–water partition coefficient (Wildman–Crippen LogP) is 0.527. The molecule has 1 saturated heterocycles. The van der Waals surface area contributed by atoms with Crippen LogP contribution in [0.25, 0.3) is 0 Å². The highest BCUT2D eigenvalue weighted by molar-refractivity contribution is 5.09. The first-order chi connectivity index (χ1) is 8.70. The summed E-state index contributed by atoms with van der Waals surface area (Å²) < 4.78 is 1.83. The molecule has 1 aliphatic rings. The first kappa shape index (κ1) is 13.5. The SMILES string of the molecule is CC(c1cnn(C)c1)N(CCO)CC1CCCN1. The van der Waals surface area contributed by atoms with Crippen LogP contribution in [0.2, 0.25) is 0 Å². The molecular weight excluding hydrogens is 228 g/mol. The van der Waals surface area contributed by atoms with Gasteiger partial charge in [-0.3, -0.25) is 9.58 Å². The molecular formula is C13H24N4O. The topological polar surface area (TPSA) is 53.3 Å². The lowest BCUT2D eigenvalue weighted by atomic mass is 10.1. The second-order valence-electron chi connectivity index (χ2n) is 5.14. The molecule has 2 N–H and O–H groups in total. The van der Waals surface area contributed by atoms with Crippen molar-refractivity contribution in [1.29, 1.82) is 0 Å². The van der Waals surface area contributed by atoms with E-state index in [0.717, 1.165) is 13.1 Å². The molecule has 1 aromatic heterocycles. The van der Waals surface area contributed by atoms with Gasteiger partial charge in [0.05, 0.1) is 12.8 Å². The average molecular weight is 252 g/mol. The van der Waals surface area contributed by atoms with Crippen molar-refractivity contribution in [2.75, 3.05) is 26.2 Å². The summed E-state index contributed by atoms with van der Waals surface area (Å²) in [7, 11) is 1.94. The summed E-state index contributed by atoms with van der Waals surface area (Å²) in [5.74, 6) is 0. The largest absolute Gasteiger partial charge is 0.395 e. The molecule has 1 aromatic rings. The molecule has 0 spiro atoms. The lowest BCUT2D eigenvalue weighted by molar-refractivity contribution is 0.147. The normalized spacial score (nSPS) is 21.7. The maximum absolute atomic E-state index is 9.23. The van der Waals surface area contributed by atoms with Gasteiger partial charge in [-0.15, -0.1) is 0 Å². The predicted molar refractivity (Wildman–Crippen MR) is 71.3 cm³/mol. The van der Waals surface area contributed by atoms with Crippen molar-refractivity contribution in [2.45, 2.75) is 31.8 Å². The number of nitrogens with one attached hydrogen (secondary N) is 1. The summed E-state index contributed by atoms with van der Waals surface area (Å²) in [6, 6.07) is 0.865. The van der Waals surface area contributed by atoms with Crippen molar-refractivity contribution in [2.24, 2.45) is 7.05 Å². The number of aromatic nitrogens is 2. The zero-order valence-corrected chi connectivity index (χ0v) is 11.3. The molecule has 18 heavy (non-hydrogen) atoms. The Hall–Kier alpha value is -0.910. The number of aliphatic hydroxyl groups is 1. The standard InChI is InChI=1S/C13H24N4O/c1-11(12-8-15-16(2)9-12)17(6-7-18)10-13-4-3-5-14-13/h8-9,11,13-14,18H,3-7,10H2,1-2H3. The Morgan fingerprint density at radius 1 is 1.67 bits per heavy atom. The van der Waals surface area contributed by atoms with Gasteiger partial charge in [-0.1, -0.05) is 0 Å². The van der Waals surface area contributed by atoms with Gasteiger partial charge in [0.15, 0.2) is 0 Å². The molecule has 5 heteroatoms. The van der Waals surface area contributed by atoms with Crippen LogP contribution < -0.4 is 5.32 Å². The molecule has 2 unspecified atom stereocenters. The molecule has 2 atom stereocenters. The van der Waals surface area contributed by atoms with Gasteiger partial charge < -0.3 is 10.4 Å². The first-order valence-electron chi connectivity index (χ1n) is 6.77. The average Bonchev–Trinajstić information content (AvgIpc) is 2.99. The summed E-state index contributed by atoms with van der Waals surface area (Å²) in [5.41, 5.74) is 1.21. The van der Waals surface area contributed by atoms with Crippen LogP contribution in [0.4, 0.5) is 0 Å². The molecule has 0 aromatic carbocycles. The Labute approximate surface area is 109 Å². The Kier molecular flexibility index (Phi) is 4.74. The molecule has 0 amide bonds. The quantitative estimate of drug-likeness (QED) is 0.775. The van der Waals surface area contributed by atoms with Crippen molar-refractivity contribution in [3.8, 4) is 0 Å². The highest BCUT2D eigenvalue weighted by Crippen LogP contribution is 2.20. The van der Waals surface area contributed by atoms with Crippen molar-refractivity contribution < 1.29 is 5.11 Å². The van der Waals surface area contributed by atoms with E-state index in [4.69, 9.17) is 0 Å². The lowest BCUT2D eigenvalue weighted by Gasteiger charge is -2.30. The minimum atomic E-state index is 0.206. The number of aryl methyl sites for hydroxylation is 1. The van der Waals surface area contributed by atoms with Gasteiger partial charge in [0.1, 0.15) is 0 Å². The smallest absolute Gasteiger partial charge is 0.0558 e. The van der Waals surface area contributed by atoms with E-state index in [1.54, 1.807) is 0 Å². The van der Waals surface area contributed by atoms with Crippen LogP contribution in [0.15, 0.2) is 12.4 Å². The molecule has 1 fully saturated rings. The Morgan fingerprint density at radius 2 is 2.50 bits per heavy atom. The number of rotatable bonds is 6. The third-order valence-electron chi connectivity index (χ3n) is 3.76. The molecule has 0 bridgehead atoms. The molecule has 102 valence electrons. The summed E-state index contributed by atoms with van der Waals surface area (Å²) in [6.07, 6.45) is 6.47. The number of hydrogen-bond donors (Lipinski definition) is 2. The third-order valence-corrected chi connectivity index (χ3v) is 3.76. The Bertz CT molecular complexity index is 360. The number of hydrogen-bond acceptors (Lipinski definition) is 4. The van der Waals surface area contributed by atoms with Crippen molar-refractivity contribution >= 4 is 0 Å². The van der Waals surface area contributed by atoms with Gasteiger partial charge in [0, 0.05) is 44.0 Å². The molecule has 0 saturated carbocycles. The summed E-state index contributed by atoms with van der Waals surface area (Å²) in [5, 5.41) is 17.0. The van der Waals surface area contributed by atoms with E-state index in [2.05, 4.69) is 28.4 Å². The van der Waals surface area contributed by atoms with Crippen LogP contribution in [0.5, 0.6) is 0 Å². The zero-order chi connectivity index (χ0) is 13.0. The second-order valence-corrected chi connectivity index (χ2v) is 5.14. The highest BCUT2D eigenvalue weighted by Gasteiger charge is 2.22. The minimum Gasteiger partial charge on any atom is -0.395 e. The number of aliphatic hydroxyl groups excluding tert-OH is 1. The van der Waals surface area contributed by atoms with Crippen LogP contribution in [0, 0.1) is 0 Å². The van der Waals surface area contributed by atoms with Crippen molar-refractivity contribution in [3.63, 3.8) is 0 Å². The third kappa shape index (κ3) is 3.31. The van der Waals surface area contributed by atoms with Gasteiger partial charge in [-0.2, -0.15) is 5.10 Å². The highest BCUT2D eigenvalue weighted by atomic mass is 16.3. The maximum Gasteiger partial charge on any atom is 0.0558 e. The van der Waals surface area contributed by atoms with Crippen LogP contribution in [-0.2, 0) is 7.05 Å². The minimum absolute atomic E-state index is 0.206. The molecule has 0 aliphatic carbocycles. The van der Waals surface area contributed by atoms with Crippen molar-refractivity contribution in [3.05, 3.63) is 18.0 Å². The maximum atomic E-state index is 9.23. The van der Waals surface area contributed by atoms with E-state index in [1.165, 1.54) is 18.4 Å². The van der Waals surface area contributed by atoms with Gasteiger partial charge in [0.25, 0.3) is 0 Å². The monoisotopic (exact) mass is 252 g/mol. The van der Waals surface area contributed by atoms with Crippen LogP contribution in [-0.4, -0.2) is 52.1 Å². The second kappa shape index (κ2) is 6.31. The number of nitrogens with zero attached hydrogens (tertiary/aromatic N) is 3. The fourth-order valence-electron chi connectivity index (χ4n) is 2.63. The van der Waals surface area contributed by atoms with Gasteiger partial charge in [-0.05, 0) is 26.3 Å². The Balaban J connectivity index is 1.98. The van der Waals surface area contributed by atoms with Crippen LogP contribution >= 0.6 is 0 Å². The summed E-state index contributed by atoms with van der Waals surface area (Å²) >= 11 is 0. The van der Waals surface area contributed by atoms with E-state index in [0.29, 0.717) is 18.6 Å². The van der Waals surface area contributed by atoms with Gasteiger partial charge >= 0.3 is 0 Å². The molecule has 5 nitrogen and oxygen atoms in total.